The highest BCUT2D eigenvalue weighted by molar-refractivity contribution is 7.89. The normalized spacial score (nSPS) is 15.2. The molecule has 0 unspecified atom stereocenters. The van der Waals surface area contributed by atoms with E-state index in [0.717, 1.165) is 11.6 Å². The molecule has 0 spiro atoms. The Labute approximate surface area is 197 Å². The van der Waals surface area contributed by atoms with E-state index >= 15 is 0 Å². The van der Waals surface area contributed by atoms with Crippen molar-refractivity contribution in [1.29, 1.82) is 0 Å². The number of hydrogen-bond acceptors (Lipinski definition) is 7. The van der Waals surface area contributed by atoms with Gasteiger partial charge in [-0.2, -0.15) is 4.31 Å². The number of nitro groups is 1. The van der Waals surface area contributed by atoms with E-state index in [2.05, 4.69) is 5.32 Å². The van der Waals surface area contributed by atoms with E-state index in [0.29, 0.717) is 31.1 Å². The molecule has 178 valence electrons. The molecule has 1 aliphatic heterocycles. The van der Waals surface area contributed by atoms with Gasteiger partial charge in [0, 0.05) is 43.8 Å². The van der Waals surface area contributed by atoms with Crippen molar-refractivity contribution in [2.24, 2.45) is 0 Å². The summed E-state index contributed by atoms with van der Waals surface area (Å²) in [4.78, 5) is 24.5. The Morgan fingerprint density at radius 2 is 1.91 bits per heavy atom. The lowest BCUT2D eigenvalue weighted by molar-refractivity contribution is -0.386. The fourth-order valence-corrected chi connectivity index (χ4v) is 5.20. The Morgan fingerprint density at radius 1 is 1.18 bits per heavy atom. The third-order valence-corrected chi connectivity index (χ3v) is 7.44. The van der Waals surface area contributed by atoms with Gasteiger partial charge >= 0.3 is 5.69 Å². The van der Waals surface area contributed by atoms with Gasteiger partial charge in [0.2, 0.25) is 15.9 Å². The fraction of sp³-hybridized carbons (Fsp3) is 0.381. The van der Waals surface area contributed by atoms with Crippen LogP contribution in [0.25, 0.3) is 0 Å². The maximum Gasteiger partial charge on any atom is 0.312 e. The summed E-state index contributed by atoms with van der Waals surface area (Å²) in [5.74, 6) is -0.149. The van der Waals surface area contributed by atoms with Crippen molar-refractivity contribution in [1.82, 2.24) is 14.5 Å². The highest BCUT2D eigenvalue weighted by Gasteiger charge is 2.31. The van der Waals surface area contributed by atoms with E-state index in [1.807, 2.05) is 23.1 Å². The third kappa shape index (κ3) is 6.41. The first kappa shape index (κ1) is 24.9. The van der Waals surface area contributed by atoms with Crippen molar-refractivity contribution in [2.45, 2.75) is 11.3 Å². The average molecular weight is 497 g/mol. The first-order valence-electron chi connectivity index (χ1n) is 10.3. The lowest BCUT2D eigenvalue weighted by Crippen LogP contribution is -2.51. The Balaban J connectivity index is 1.51. The predicted octanol–water partition coefficient (Wildman–Crippen LogP) is 1.92. The second kappa shape index (κ2) is 10.9. The number of benzene rings is 2. The number of amides is 1. The highest BCUT2D eigenvalue weighted by atomic mass is 35.5. The van der Waals surface area contributed by atoms with Crippen LogP contribution in [-0.2, 0) is 21.2 Å². The molecule has 2 aromatic rings. The molecule has 0 aromatic heterocycles. The molecule has 1 aliphatic rings. The minimum Gasteiger partial charge on any atom is -0.490 e. The van der Waals surface area contributed by atoms with Crippen LogP contribution in [0.3, 0.4) is 0 Å². The molecule has 0 atom stereocenters. The Hall–Kier alpha value is -2.73. The molecule has 3 rings (SSSR count). The molecule has 2 aromatic carbocycles. The molecule has 1 fully saturated rings. The van der Waals surface area contributed by atoms with Crippen LogP contribution in [0.4, 0.5) is 5.69 Å². The van der Waals surface area contributed by atoms with E-state index < -0.39 is 20.6 Å². The van der Waals surface area contributed by atoms with Crippen LogP contribution in [-0.4, -0.2) is 74.8 Å². The summed E-state index contributed by atoms with van der Waals surface area (Å²) in [5.41, 5.74) is 0.618. The molecule has 0 saturated carbocycles. The lowest BCUT2D eigenvalue weighted by Gasteiger charge is -2.33. The lowest BCUT2D eigenvalue weighted by atomic mass is 10.1. The summed E-state index contributed by atoms with van der Waals surface area (Å²) in [5, 5.41) is 14.7. The van der Waals surface area contributed by atoms with Gasteiger partial charge in [0.05, 0.1) is 23.5 Å². The fourth-order valence-electron chi connectivity index (χ4n) is 3.55. The van der Waals surface area contributed by atoms with Gasteiger partial charge in [-0.05, 0) is 36.2 Å². The minimum atomic E-state index is -3.91. The van der Waals surface area contributed by atoms with Crippen molar-refractivity contribution in [3.8, 4) is 5.75 Å². The van der Waals surface area contributed by atoms with Gasteiger partial charge in [-0.3, -0.25) is 19.8 Å². The van der Waals surface area contributed by atoms with E-state index in [1.54, 1.807) is 6.07 Å². The standard InChI is InChI=1S/C21H25ClN4O6S/c1-32-20-6-5-18(14-19(20)26(28)29)33(30,31)25-11-9-24(10-12-25)15-21(27)23-8-7-16-3-2-4-17(22)13-16/h2-6,13-14H,7-12,15H2,1H3,(H,23,27). The molecule has 33 heavy (non-hydrogen) atoms. The Kier molecular flexibility index (Phi) is 8.25. The van der Waals surface area contributed by atoms with Crippen molar-refractivity contribution in [2.75, 3.05) is 46.4 Å². The molecule has 10 nitrogen and oxygen atoms in total. The van der Waals surface area contributed by atoms with Crippen molar-refractivity contribution >= 4 is 33.2 Å². The number of piperazine rings is 1. The van der Waals surface area contributed by atoms with Crippen LogP contribution >= 0.6 is 11.6 Å². The molecular formula is C21H25ClN4O6S. The van der Waals surface area contributed by atoms with Crippen LogP contribution in [0, 0.1) is 10.1 Å². The smallest absolute Gasteiger partial charge is 0.312 e. The van der Waals surface area contributed by atoms with E-state index in [-0.39, 0.29) is 36.2 Å². The maximum absolute atomic E-state index is 12.9. The highest BCUT2D eigenvalue weighted by Crippen LogP contribution is 2.30. The number of ether oxygens (including phenoxy) is 1. The Morgan fingerprint density at radius 3 is 2.55 bits per heavy atom. The first-order valence-corrected chi connectivity index (χ1v) is 12.1. The monoisotopic (exact) mass is 496 g/mol. The second-order valence-electron chi connectivity index (χ2n) is 7.50. The van der Waals surface area contributed by atoms with Gasteiger partial charge in [0.25, 0.3) is 0 Å². The number of halogens is 1. The zero-order chi connectivity index (χ0) is 24.0. The molecule has 1 heterocycles. The van der Waals surface area contributed by atoms with Gasteiger partial charge in [-0.1, -0.05) is 23.7 Å². The average Bonchev–Trinajstić information content (AvgIpc) is 2.79. The van der Waals surface area contributed by atoms with Gasteiger partial charge in [-0.15, -0.1) is 0 Å². The maximum atomic E-state index is 12.9. The number of sulfonamides is 1. The second-order valence-corrected chi connectivity index (χ2v) is 9.88. The predicted molar refractivity (Wildman–Crippen MR) is 123 cm³/mol. The van der Waals surface area contributed by atoms with Crippen LogP contribution < -0.4 is 10.1 Å². The summed E-state index contributed by atoms with van der Waals surface area (Å²) in [6.45, 7) is 1.75. The molecule has 0 bridgehead atoms. The van der Waals surface area contributed by atoms with E-state index in [9.17, 15) is 23.3 Å². The zero-order valence-corrected chi connectivity index (χ0v) is 19.6. The summed E-state index contributed by atoms with van der Waals surface area (Å²) in [6, 6.07) is 11.0. The number of nitro benzene ring substituents is 1. The van der Waals surface area contributed by atoms with Gasteiger partial charge in [0.15, 0.2) is 5.75 Å². The number of carbonyl (C=O) groups excluding carboxylic acids is 1. The molecular weight excluding hydrogens is 472 g/mol. The zero-order valence-electron chi connectivity index (χ0n) is 18.1. The summed E-state index contributed by atoms with van der Waals surface area (Å²) in [7, 11) is -2.63. The molecule has 1 saturated heterocycles. The summed E-state index contributed by atoms with van der Waals surface area (Å²) in [6.07, 6.45) is 0.659. The Bertz CT molecular complexity index is 1120. The van der Waals surface area contributed by atoms with Crippen LogP contribution in [0.5, 0.6) is 5.75 Å². The quantitative estimate of drug-likeness (QED) is 0.415. The van der Waals surface area contributed by atoms with Crippen molar-refractivity contribution in [3.05, 3.63) is 63.2 Å². The molecule has 1 N–H and O–H groups in total. The topological polar surface area (TPSA) is 122 Å². The van der Waals surface area contributed by atoms with Gasteiger partial charge in [-0.25, -0.2) is 8.42 Å². The van der Waals surface area contributed by atoms with E-state index in [1.165, 1.54) is 23.5 Å². The van der Waals surface area contributed by atoms with Crippen LogP contribution in [0.15, 0.2) is 47.4 Å². The molecule has 1 amide bonds. The third-order valence-electron chi connectivity index (χ3n) is 5.31. The van der Waals surface area contributed by atoms with Crippen molar-refractivity contribution < 1.29 is 22.9 Å². The number of carbonyl (C=O) groups is 1. The summed E-state index contributed by atoms with van der Waals surface area (Å²) >= 11 is 5.96. The number of nitrogens with one attached hydrogen (secondary N) is 1. The van der Waals surface area contributed by atoms with Crippen LogP contribution in [0.1, 0.15) is 5.56 Å². The largest absolute Gasteiger partial charge is 0.490 e. The number of rotatable bonds is 9. The molecule has 0 aliphatic carbocycles. The summed E-state index contributed by atoms with van der Waals surface area (Å²) < 4.78 is 32.1. The van der Waals surface area contributed by atoms with Gasteiger partial charge in [0.1, 0.15) is 0 Å². The SMILES string of the molecule is COc1ccc(S(=O)(=O)N2CCN(CC(=O)NCCc3cccc(Cl)c3)CC2)cc1[N+](=O)[O-]. The molecule has 0 radical (unpaired) electrons. The number of methoxy groups -OCH3 is 1. The minimum absolute atomic E-state index is 0.00913. The first-order chi connectivity index (χ1) is 15.7. The van der Waals surface area contributed by atoms with Gasteiger partial charge < -0.3 is 10.1 Å². The van der Waals surface area contributed by atoms with Crippen LogP contribution in [0.2, 0.25) is 5.02 Å². The number of nitrogens with zero attached hydrogens (tertiary/aromatic N) is 3. The van der Waals surface area contributed by atoms with Crippen molar-refractivity contribution in [3.63, 3.8) is 0 Å². The molecule has 12 heteroatoms. The van der Waals surface area contributed by atoms with E-state index in [4.69, 9.17) is 16.3 Å². The number of hydrogen-bond donors (Lipinski definition) is 1.